The van der Waals surface area contributed by atoms with E-state index in [2.05, 4.69) is 26.4 Å². The number of urea groups is 1. The summed E-state index contributed by atoms with van der Waals surface area (Å²) >= 11 is 13.1. The van der Waals surface area contributed by atoms with Crippen molar-refractivity contribution in [3.8, 4) is 17.1 Å². The number of hydrogen-bond acceptors (Lipinski definition) is 5. The van der Waals surface area contributed by atoms with Crippen LogP contribution in [0.3, 0.4) is 0 Å². The van der Waals surface area contributed by atoms with Crippen molar-refractivity contribution in [3.05, 3.63) is 88.4 Å². The molecule has 0 saturated heterocycles. The van der Waals surface area contributed by atoms with Crippen molar-refractivity contribution in [2.75, 3.05) is 11.1 Å². The largest absolute Gasteiger partial charge is 0.337 e. The Morgan fingerprint density at radius 3 is 2.14 bits per heavy atom. The van der Waals surface area contributed by atoms with Crippen LogP contribution in [0.5, 0.6) is 0 Å². The predicted molar refractivity (Wildman–Crippen MR) is 139 cm³/mol. The summed E-state index contributed by atoms with van der Waals surface area (Å²) in [6, 6.07) is 21.2. The molecular weight excluding hydrogens is 507 g/mol. The first-order valence-electron chi connectivity index (χ1n) is 10.4. The maximum atomic E-state index is 12.4. The fraction of sp³-hybridized carbons (Fsp3) is 0.0833. The average molecular weight is 527 g/mol. The Morgan fingerprint density at radius 1 is 0.857 bits per heavy atom. The lowest BCUT2D eigenvalue weighted by molar-refractivity contribution is -0.119. The van der Waals surface area contributed by atoms with Crippen molar-refractivity contribution in [2.45, 2.75) is 12.1 Å². The topological polar surface area (TPSA) is 101 Å². The number of hydrogen-bond donors (Lipinski definition) is 3. The second kappa shape index (κ2) is 11.3. The molecule has 0 bridgehead atoms. The molecule has 0 unspecified atom stereocenters. The molecule has 11 heteroatoms. The molecule has 8 nitrogen and oxygen atoms in total. The number of nitrogens with zero attached hydrogens (tertiary/aromatic N) is 3. The molecule has 1 aromatic heterocycles. The van der Waals surface area contributed by atoms with Crippen LogP contribution < -0.4 is 16.2 Å². The van der Waals surface area contributed by atoms with Gasteiger partial charge in [-0.3, -0.25) is 14.8 Å². The number of hydrazine groups is 1. The van der Waals surface area contributed by atoms with Gasteiger partial charge in [-0.2, -0.15) is 0 Å². The highest BCUT2D eigenvalue weighted by atomic mass is 35.5. The minimum absolute atomic E-state index is 0.00579. The zero-order valence-corrected chi connectivity index (χ0v) is 20.8. The Balaban J connectivity index is 1.43. The molecule has 3 amide bonds. The van der Waals surface area contributed by atoms with Gasteiger partial charge in [0.1, 0.15) is 0 Å². The van der Waals surface area contributed by atoms with E-state index in [4.69, 9.17) is 23.2 Å². The van der Waals surface area contributed by atoms with E-state index in [-0.39, 0.29) is 5.75 Å². The summed E-state index contributed by atoms with van der Waals surface area (Å²) in [4.78, 5) is 24.4. The SMILES string of the molecule is Cc1ccc(-n2c(SCC(=O)NNC(=O)Nc3ccc(Cl)cc3)nnc2-c2ccc(Cl)cc2)cc1. The van der Waals surface area contributed by atoms with E-state index in [1.165, 1.54) is 11.8 Å². The van der Waals surface area contributed by atoms with E-state index in [1.807, 2.05) is 47.9 Å². The molecule has 4 aromatic rings. The number of aromatic nitrogens is 3. The zero-order chi connectivity index (χ0) is 24.8. The third-order valence-corrected chi connectivity index (χ3v) is 6.21. The van der Waals surface area contributed by atoms with Crippen LogP contribution in [0.4, 0.5) is 10.5 Å². The third-order valence-electron chi connectivity index (χ3n) is 4.78. The zero-order valence-electron chi connectivity index (χ0n) is 18.5. The second-order valence-corrected chi connectivity index (χ2v) is 9.22. The third kappa shape index (κ3) is 6.54. The van der Waals surface area contributed by atoms with E-state index < -0.39 is 11.9 Å². The first-order chi connectivity index (χ1) is 16.9. The fourth-order valence-electron chi connectivity index (χ4n) is 3.06. The number of rotatable bonds is 6. The number of carbonyl (C=O) groups excluding carboxylic acids is 2. The number of nitrogens with one attached hydrogen (secondary N) is 3. The van der Waals surface area contributed by atoms with Crippen LogP contribution in [0.2, 0.25) is 10.0 Å². The van der Waals surface area contributed by atoms with Crippen LogP contribution in [-0.4, -0.2) is 32.5 Å². The van der Waals surface area contributed by atoms with Gasteiger partial charge in [0.15, 0.2) is 11.0 Å². The minimum atomic E-state index is -0.585. The van der Waals surface area contributed by atoms with Crippen molar-refractivity contribution in [3.63, 3.8) is 0 Å². The molecule has 0 radical (unpaired) electrons. The van der Waals surface area contributed by atoms with Crippen LogP contribution >= 0.6 is 35.0 Å². The van der Waals surface area contributed by atoms with Gasteiger partial charge in [-0.05, 0) is 67.6 Å². The van der Waals surface area contributed by atoms with Crippen molar-refractivity contribution >= 4 is 52.6 Å². The molecule has 35 heavy (non-hydrogen) atoms. The highest BCUT2D eigenvalue weighted by molar-refractivity contribution is 7.99. The van der Waals surface area contributed by atoms with Crippen LogP contribution in [-0.2, 0) is 4.79 Å². The van der Waals surface area contributed by atoms with Crippen LogP contribution in [0.25, 0.3) is 17.1 Å². The molecule has 178 valence electrons. The molecule has 0 aliphatic heterocycles. The van der Waals surface area contributed by atoms with Gasteiger partial charge in [-0.15, -0.1) is 10.2 Å². The summed E-state index contributed by atoms with van der Waals surface area (Å²) in [6.07, 6.45) is 0. The first kappa shape index (κ1) is 24.6. The van der Waals surface area contributed by atoms with E-state index in [9.17, 15) is 9.59 Å². The molecule has 4 rings (SSSR count). The van der Waals surface area contributed by atoms with Crippen molar-refractivity contribution in [2.24, 2.45) is 0 Å². The first-order valence-corrected chi connectivity index (χ1v) is 12.2. The number of thioether (sulfide) groups is 1. The number of halogens is 2. The van der Waals surface area contributed by atoms with Gasteiger partial charge >= 0.3 is 6.03 Å². The standard InChI is InChI=1S/C24H20Cl2N6O2S/c1-15-2-12-20(13-3-15)32-22(16-4-6-17(25)7-5-16)29-31-24(32)35-14-21(33)28-30-23(34)27-19-10-8-18(26)9-11-19/h2-13H,14H2,1H3,(H,28,33)(H2,27,30,34). The Labute approximate surface area is 216 Å². The van der Waals surface area contributed by atoms with E-state index >= 15 is 0 Å². The maximum absolute atomic E-state index is 12.4. The number of anilines is 1. The van der Waals surface area contributed by atoms with E-state index in [0.29, 0.717) is 26.7 Å². The summed E-state index contributed by atoms with van der Waals surface area (Å²) in [5.74, 6) is 0.216. The number of amides is 3. The summed E-state index contributed by atoms with van der Waals surface area (Å²) in [5.41, 5.74) is 8.04. The quantitative estimate of drug-likeness (QED) is 0.227. The van der Waals surface area contributed by atoms with Gasteiger partial charge in [0.25, 0.3) is 0 Å². The monoisotopic (exact) mass is 526 g/mol. The molecule has 0 fully saturated rings. The lowest BCUT2D eigenvalue weighted by Gasteiger charge is -2.11. The molecule has 0 saturated carbocycles. The average Bonchev–Trinajstić information content (AvgIpc) is 3.28. The molecule has 0 spiro atoms. The summed E-state index contributed by atoms with van der Waals surface area (Å²) < 4.78 is 1.88. The van der Waals surface area contributed by atoms with Gasteiger partial charge in [-0.25, -0.2) is 10.2 Å². The maximum Gasteiger partial charge on any atom is 0.337 e. The highest BCUT2D eigenvalue weighted by Gasteiger charge is 2.17. The van der Waals surface area contributed by atoms with E-state index in [0.717, 1.165) is 16.8 Å². The smallest absolute Gasteiger partial charge is 0.307 e. The molecule has 0 atom stereocenters. The molecule has 0 aliphatic rings. The van der Waals surface area contributed by atoms with Gasteiger partial charge in [0, 0.05) is 27.0 Å². The van der Waals surface area contributed by atoms with Gasteiger partial charge < -0.3 is 5.32 Å². The number of benzene rings is 3. The Kier molecular flexibility index (Phi) is 7.91. The van der Waals surface area contributed by atoms with E-state index in [1.54, 1.807) is 36.4 Å². The van der Waals surface area contributed by atoms with Crippen molar-refractivity contribution in [1.82, 2.24) is 25.6 Å². The van der Waals surface area contributed by atoms with Crippen LogP contribution in [0.15, 0.2) is 78.0 Å². The van der Waals surface area contributed by atoms with Crippen LogP contribution in [0, 0.1) is 6.92 Å². The van der Waals surface area contributed by atoms with Crippen molar-refractivity contribution in [1.29, 1.82) is 0 Å². The lowest BCUT2D eigenvalue weighted by atomic mass is 10.2. The van der Waals surface area contributed by atoms with Crippen LogP contribution in [0.1, 0.15) is 5.56 Å². The Hall–Kier alpha value is -3.53. The number of carbonyl (C=O) groups is 2. The summed E-state index contributed by atoms with van der Waals surface area (Å²) in [5, 5.41) is 12.9. The molecule has 3 aromatic carbocycles. The molecule has 3 N–H and O–H groups in total. The molecular formula is C24H20Cl2N6O2S. The fourth-order valence-corrected chi connectivity index (χ4v) is 4.07. The van der Waals surface area contributed by atoms with Crippen molar-refractivity contribution < 1.29 is 9.59 Å². The summed E-state index contributed by atoms with van der Waals surface area (Å²) in [7, 11) is 0. The molecule has 0 aliphatic carbocycles. The second-order valence-electron chi connectivity index (χ2n) is 7.41. The lowest BCUT2D eigenvalue weighted by Crippen LogP contribution is -2.44. The summed E-state index contributed by atoms with van der Waals surface area (Å²) in [6.45, 7) is 2.01. The predicted octanol–water partition coefficient (Wildman–Crippen LogP) is 5.49. The number of aryl methyl sites for hydroxylation is 1. The van der Waals surface area contributed by atoms with Gasteiger partial charge in [-0.1, -0.05) is 52.7 Å². The van der Waals surface area contributed by atoms with Gasteiger partial charge in [0.05, 0.1) is 5.75 Å². The Morgan fingerprint density at radius 2 is 1.49 bits per heavy atom. The van der Waals surface area contributed by atoms with Gasteiger partial charge in [0.2, 0.25) is 5.91 Å². The Bertz CT molecular complexity index is 1330. The minimum Gasteiger partial charge on any atom is -0.307 e. The highest BCUT2D eigenvalue weighted by Crippen LogP contribution is 2.28. The molecule has 1 heterocycles. The normalized spacial score (nSPS) is 10.6.